The van der Waals surface area contributed by atoms with E-state index in [1.165, 1.54) is 24.0 Å². The summed E-state index contributed by atoms with van der Waals surface area (Å²) in [6.45, 7) is 4.01. The Morgan fingerprint density at radius 2 is 1.72 bits per heavy atom. The van der Waals surface area contributed by atoms with E-state index < -0.39 is 0 Å². The van der Waals surface area contributed by atoms with E-state index in [1.807, 2.05) is 31.2 Å². The first-order chi connectivity index (χ1) is 12.1. The predicted octanol–water partition coefficient (Wildman–Crippen LogP) is 4.07. The fraction of sp³-hybridized carbons (Fsp3) is 0.381. The van der Waals surface area contributed by atoms with Crippen LogP contribution in [0.5, 0.6) is 5.75 Å². The van der Waals surface area contributed by atoms with E-state index in [2.05, 4.69) is 41.8 Å². The Bertz CT molecular complexity index is 706. The van der Waals surface area contributed by atoms with Crippen molar-refractivity contribution in [3.8, 4) is 5.75 Å². The zero-order chi connectivity index (χ0) is 17.8. The Morgan fingerprint density at radius 3 is 2.28 bits per heavy atom. The maximum atomic E-state index is 12.5. The van der Waals surface area contributed by atoms with E-state index in [4.69, 9.17) is 4.74 Å². The first-order valence-corrected chi connectivity index (χ1v) is 8.84. The molecular formula is C21H26N2O2. The van der Waals surface area contributed by atoms with Crippen LogP contribution in [0.2, 0.25) is 0 Å². The Kier molecular flexibility index (Phi) is 5.39. The van der Waals surface area contributed by atoms with E-state index in [-0.39, 0.29) is 18.0 Å². The number of ether oxygens (including phenoxy) is 1. The van der Waals surface area contributed by atoms with Crippen LogP contribution in [-0.4, -0.2) is 19.1 Å². The Hall–Kier alpha value is -2.33. The molecule has 1 aliphatic rings. The van der Waals surface area contributed by atoms with Gasteiger partial charge in [-0.15, -0.1) is 0 Å². The zero-order valence-corrected chi connectivity index (χ0v) is 15.1. The van der Waals surface area contributed by atoms with E-state index in [9.17, 15) is 4.79 Å². The first-order valence-electron chi connectivity index (χ1n) is 8.84. The molecule has 2 atom stereocenters. The molecule has 4 heteroatoms. The molecule has 0 spiro atoms. The SMILES string of the molecule is COc1ccc(NC(=O)[C@@H](C)N[C@H](c2ccc(C)cc2)C2CC2)cc1. The molecule has 0 heterocycles. The van der Waals surface area contributed by atoms with Crippen molar-refractivity contribution < 1.29 is 9.53 Å². The average molecular weight is 338 g/mol. The van der Waals surface area contributed by atoms with Gasteiger partial charge in [-0.1, -0.05) is 29.8 Å². The third-order valence-electron chi connectivity index (χ3n) is 4.71. The molecule has 2 N–H and O–H groups in total. The van der Waals surface area contributed by atoms with Gasteiger partial charge in [-0.25, -0.2) is 0 Å². The van der Waals surface area contributed by atoms with Gasteiger partial charge in [0.15, 0.2) is 0 Å². The highest BCUT2D eigenvalue weighted by atomic mass is 16.5. The number of hydrogen-bond acceptors (Lipinski definition) is 3. The number of rotatable bonds is 7. The standard InChI is InChI=1S/C21H26N2O2/c1-14-4-6-16(7-5-14)20(17-8-9-17)22-15(2)21(24)23-18-10-12-19(25-3)13-11-18/h4-7,10-13,15,17,20,22H,8-9H2,1-3H3,(H,23,24)/t15-,20-/m1/s1. The number of benzene rings is 2. The maximum absolute atomic E-state index is 12.5. The molecule has 1 saturated carbocycles. The second-order valence-electron chi connectivity index (χ2n) is 6.83. The minimum atomic E-state index is -0.269. The molecule has 0 saturated heterocycles. The number of anilines is 1. The first kappa shape index (κ1) is 17.5. The highest BCUT2D eigenvalue weighted by molar-refractivity contribution is 5.94. The van der Waals surface area contributed by atoms with Crippen LogP contribution >= 0.6 is 0 Å². The van der Waals surface area contributed by atoms with E-state index in [1.54, 1.807) is 7.11 Å². The van der Waals surface area contributed by atoms with Gasteiger partial charge in [-0.05, 0) is 62.4 Å². The molecule has 1 fully saturated rings. The second kappa shape index (κ2) is 7.70. The molecule has 2 aromatic carbocycles. The monoisotopic (exact) mass is 338 g/mol. The van der Waals surface area contributed by atoms with Crippen molar-refractivity contribution in [3.05, 3.63) is 59.7 Å². The molecule has 1 aliphatic carbocycles. The number of carbonyl (C=O) groups is 1. The van der Waals surface area contributed by atoms with Gasteiger partial charge in [0.05, 0.1) is 13.2 Å². The molecule has 0 aromatic heterocycles. The van der Waals surface area contributed by atoms with Crippen molar-refractivity contribution in [2.45, 2.75) is 38.8 Å². The van der Waals surface area contributed by atoms with Crippen LogP contribution in [0.25, 0.3) is 0 Å². The van der Waals surface area contributed by atoms with Crippen molar-refractivity contribution in [3.63, 3.8) is 0 Å². The fourth-order valence-corrected chi connectivity index (χ4v) is 2.98. The summed E-state index contributed by atoms with van der Waals surface area (Å²) in [4.78, 5) is 12.5. The molecular weight excluding hydrogens is 312 g/mol. The summed E-state index contributed by atoms with van der Waals surface area (Å²) < 4.78 is 5.14. The van der Waals surface area contributed by atoms with E-state index >= 15 is 0 Å². The summed E-state index contributed by atoms with van der Waals surface area (Å²) in [5.41, 5.74) is 3.29. The van der Waals surface area contributed by atoms with Crippen molar-refractivity contribution in [1.29, 1.82) is 0 Å². The summed E-state index contributed by atoms with van der Waals surface area (Å²) in [6, 6.07) is 15.9. The predicted molar refractivity (Wildman–Crippen MR) is 101 cm³/mol. The molecule has 0 aliphatic heterocycles. The van der Waals surface area contributed by atoms with Crippen LogP contribution in [0.4, 0.5) is 5.69 Å². The number of aryl methyl sites for hydroxylation is 1. The highest BCUT2D eigenvalue weighted by Crippen LogP contribution is 2.41. The van der Waals surface area contributed by atoms with Crippen molar-refractivity contribution in [2.24, 2.45) is 5.92 Å². The van der Waals surface area contributed by atoms with Crippen LogP contribution in [0.1, 0.15) is 36.9 Å². The normalized spacial score (nSPS) is 16.1. The Labute approximate surface area is 149 Å². The lowest BCUT2D eigenvalue weighted by atomic mass is 10.00. The van der Waals surface area contributed by atoms with Gasteiger partial charge in [0.2, 0.25) is 5.91 Å². The summed E-state index contributed by atoms with van der Waals surface area (Å²) in [7, 11) is 1.63. The lowest BCUT2D eigenvalue weighted by Gasteiger charge is -2.23. The van der Waals surface area contributed by atoms with Gasteiger partial charge in [0.1, 0.15) is 5.75 Å². The highest BCUT2D eigenvalue weighted by Gasteiger charge is 2.34. The van der Waals surface area contributed by atoms with Crippen LogP contribution in [0, 0.1) is 12.8 Å². The number of nitrogens with one attached hydrogen (secondary N) is 2. The summed E-state index contributed by atoms with van der Waals surface area (Å²) in [5.74, 6) is 1.37. The lowest BCUT2D eigenvalue weighted by molar-refractivity contribution is -0.118. The number of methoxy groups -OCH3 is 1. The fourth-order valence-electron chi connectivity index (χ4n) is 2.98. The van der Waals surface area contributed by atoms with E-state index in [0.717, 1.165) is 11.4 Å². The molecule has 4 nitrogen and oxygen atoms in total. The van der Waals surface area contributed by atoms with Crippen LogP contribution in [-0.2, 0) is 4.79 Å². The summed E-state index contributed by atoms with van der Waals surface area (Å²) in [6.07, 6.45) is 2.44. The van der Waals surface area contributed by atoms with Crippen LogP contribution in [0.15, 0.2) is 48.5 Å². The number of hydrogen-bond donors (Lipinski definition) is 2. The largest absolute Gasteiger partial charge is 0.497 e. The summed E-state index contributed by atoms with van der Waals surface area (Å²) >= 11 is 0. The summed E-state index contributed by atoms with van der Waals surface area (Å²) in [5, 5.41) is 6.48. The molecule has 0 radical (unpaired) electrons. The molecule has 1 amide bonds. The third kappa shape index (κ3) is 4.60. The Morgan fingerprint density at radius 1 is 1.08 bits per heavy atom. The molecule has 132 valence electrons. The minimum Gasteiger partial charge on any atom is -0.497 e. The van der Waals surface area contributed by atoms with Crippen LogP contribution in [0.3, 0.4) is 0 Å². The van der Waals surface area contributed by atoms with Gasteiger partial charge < -0.3 is 10.1 Å². The zero-order valence-electron chi connectivity index (χ0n) is 15.1. The average Bonchev–Trinajstić information content (AvgIpc) is 3.46. The van der Waals surface area contributed by atoms with Gasteiger partial charge in [0, 0.05) is 11.7 Å². The molecule has 25 heavy (non-hydrogen) atoms. The smallest absolute Gasteiger partial charge is 0.241 e. The number of amides is 1. The van der Waals surface area contributed by atoms with Crippen molar-refractivity contribution in [2.75, 3.05) is 12.4 Å². The quantitative estimate of drug-likeness (QED) is 0.800. The van der Waals surface area contributed by atoms with E-state index in [0.29, 0.717) is 5.92 Å². The van der Waals surface area contributed by atoms with Gasteiger partial charge in [-0.3, -0.25) is 10.1 Å². The van der Waals surface area contributed by atoms with Gasteiger partial charge >= 0.3 is 0 Å². The van der Waals surface area contributed by atoms with Crippen molar-refractivity contribution >= 4 is 11.6 Å². The molecule has 0 bridgehead atoms. The maximum Gasteiger partial charge on any atom is 0.241 e. The third-order valence-corrected chi connectivity index (χ3v) is 4.71. The molecule has 2 aromatic rings. The molecule has 0 unspecified atom stereocenters. The van der Waals surface area contributed by atoms with Crippen molar-refractivity contribution in [1.82, 2.24) is 5.32 Å². The van der Waals surface area contributed by atoms with Gasteiger partial charge in [0.25, 0.3) is 0 Å². The Balaban J connectivity index is 1.63. The number of carbonyl (C=O) groups excluding carboxylic acids is 1. The van der Waals surface area contributed by atoms with Crippen LogP contribution < -0.4 is 15.4 Å². The topological polar surface area (TPSA) is 50.4 Å². The second-order valence-corrected chi connectivity index (χ2v) is 6.83. The minimum absolute atomic E-state index is 0.0251. The lowest BCUT2D eigenvalue weighted by Crippen LogP contribution is -2.40. The molecule has 3 rings (SSSR count). The van der Waals surface area contributed by atoms with Gasteiger partial charge in [-0.2, -0.15) is 0 Å².